The predicted molar refractivity (Wildman–Crippen MR) is 80.0 cm³/mol. The molecule has 0 unspecified atom stereocenters. The maximum absolute atomic E-state index is 12.2. The van der Waals surface area contributed by atoms with E-state index in [-0.39, 0.29) is 16.5 Å². The number of aryl methyl sites for hydroxylation is 1. The van der Waals surface area contributed by atoms with Crippen LogP contribution in [0.25, 0.3) is 0 Å². The predicted octanol–water partition coefficient (Wildman–Crippen LogP) is 3.35. The molecule has 0 spiro atoms. The van der Waals surface area contributed by atoms with E-state index in [1.807, 2.05) is 6.92 Å². The lowest BCUT2D eigenvalue weighted by Crippen LogP contribution is -2.23. The summed E-state index contributed by atoms with van der Waals surface area (Å²) in [5, 5.41) is 0.183. The van der Waals surface area contributed by atoms with Gasteiger partial charge in [0.05, 0.1) is 16.2 Å². The summed E-state index contributed by atoms with van der Waals surface area (Å²) in [6.45, 7) is 2.04. The molecule has 2 rings (SSSR count). The molecule has 19 heavy (non-hydrogen) atoms. The molecule has 1 aromatic heterocycles. The third-order valence-corrected chi connectivity index (χ3v) is 6.24. The minimum absolute atomic E-state index is 0.0545. The molecule has 0 aliphatic carbocycles. The number of nitrogens with one attached hydrogen (secondary N) is 1. The third kappa shape index (κ3) is 3.35. The van der Waals surface area contributed by atoms with Crippen molar-refractivity contribution in [3.8, 4) is 0 Å². The van der Waals surface area contributed by atoms with Gasteiger partial charge in [0, 0.05) is 15.9 Å². The molecule has 0 bridgehead atoms. The van der Waals surface area contributed by atoms with Gasteiger partial charge >= 0.3 is 0 Å². The van der Waals surface area contributed by atoms with Gasteiger partial charge in [0.2, 0.25) is 10.0 Å². The van der Waals surface area contributed by atoms with Gasteiger partial charge in [0.25, 0.3) is 0 Å². The molecule has 1 N–H and O–H groups in total. The largest absolute Gasteiger partial charge is 0.250 e. The molecule has 4 nitrogen and oxygen atoms in total. The molecule has 0 aliphatic heterocycles. The first-order valence-electron chi connectivity index (χ1n) is 5.24. The first kappa shape index (κ1) is 14.9. The smallest absolute Gasteiger partial charge is 0.243 e. The van der Waals surface area contributed by atoms with E-state index < -0.39 is 10.0 Å². The number of nitrogens with zero attached hydrogens (tertiary/aromatic N) is 1. The molecule has 8 heteroatoms. The average molecular weight is 382 g/mol. The minimum atomic E-state index is -3.66. The van der Waals surface area contributed by atoms with E-state index in [1.165, 1.54) is 11.3 Å². The van der Waals surface area contributed by atoms with Gasteiger partial charge in [-0.15, -0.1) is 11.3 Å². The molecular weight excluding hydrogens is 372 g/mol. The monoisotopic (exact) mass is 380 g/mol. The Hall–Kier alpha value is -0.470. The van der Waals surface area contributed by atoms with E-state index >= 15 is 0 Å². The highest BCUT2D eigenvalue weighted by Crippen LogP contribution is 2.29. The van der Waals surface area contributed by atoms with Crippen LogP contribution in [0, 0.1) is 6.92 Å². The molecule has 1 heterocycles. The zero-order valence-electron chi connectivity index (χ0n) is 9.85. The fraction of sp³-hybridized carbons (Fsp3) is 0.182. The number of hydrogen-bond acceptors (Lipinski definition) is 4. The van der Waals surface area contributed by atoms with Crippen molar-refractivity contribution >= 4 is 48.9 Å². The molecule has 1 aromatic carbocycles. The van der Waals surface area contributed by atoms with E-state index in [4.69, 9.17) is 11.6 Å². The zero-order valence-corrected chi connectivity index (χ0v) is 13.8. The number of rotatable bonds is 4. The standard InChI is InChI=1S/C11H10BrClN2O2S2/c1-7-10(18-6-14-7)5-15-19(16,17)11-8(12)3-2-4-9(11)13/h2-4,6,15H,5H2,1H3. The summed E-state index contributed by atoms with van der Waals surface area (Å²) < 4.78 is 27.4. The summed E-state index contributed by atoms with van der Waals surface area (Å²) in [6, 6.07) is 4.86. The number of thiazole rings is 1. The maximum atomic E-state index is 12.2. The van der Waals surface area contributed by atoms with Crippen LogP contribution < -0.4 is 4.72 Å². The number of halogens is 2. The van der Waals surface area contributed by atoms with E-state index in [2.05, 4.69) is 25.6 Å². The van der Waals surface area contributed by atoms with Gasteiger partial charge in [0.15, 0.2) is 0 Å². The van der Waals surface area contributed by atoms with Crippen molar-refractivity contribution in [3.63, 3.8) is 0 Å². The van der Waals surface area contributed by atoms with E-state index in [1.54, 1.807) is 23.7 Å². The highest BCUT2D eigenvalue weighted by molar-refractivity contribution is 9.10. The van der Waals surface area contributed by atoms with Crippen LogP contribution in [0.1, 0.15) is 10.6 Å². The van der Waals surface area contributed by atoms with E-state index in [9.17, 15) is 8.42 Å². The van der Waals surface area contributed by atoms with Crippen LogP contribution >= 0.6 is 38.9 Å². The lowest BCUT2D eigenvalue weighted by molar-refractivity contribution is 0.581. The van der Waals surface area contributed by atoms with Crippen molar-refractivity contribution in [2.24, 2.45) is 0 Å². The van der Waals surface area contributed by atoms with E-state index in [0.717, 1.165) is 10.6 Å². The molecule has 102 valence electrons. The summed E-state index contributed by atoms with van der Waals surface area (Å²) in [7, 11) is -3.66. The lowest BCUT2D eigenvalue weighted by Gasteiger charge is -2.09. The molecule has 0 saturated heterocycles. The van der Waals surface area contributed by atoms with Crippen LogP contribution in [-0.4, -0.2) is 13.4 Å². The van der Waals surface area contributed by atoms with Crippen molar-refractivity contribution in [2.45, 2.75) is 18.4 Å². The summed E-state index contributed by atoms with van der Waals surface area (Å²) in [5.74, 6) is 0. The summed E-state index contributed by atoms with van der Waals surface area (Å²) in [5.41, 5.74) is 2.51. The van der Waals surface area contributed by atoms with Crippen LogP contribution in [-0.2, 0) is 16.6 Å². The van der Waals surface area contributed by atoms with Gasteiger partial charge in [-0.2, -0.15) is 0 Å². The SMILES string of the molecule is Cc1ncsc1CNS(=O)(=O)c1c(Cl)cccc1Br. The third-order valence-electron chi connectivity index (χ3n) is 2.46. The Morgan fingerprint density at radius 1 is 1.47 bits per heavy atom. The van der Waals surface area contributed by atoms with Crippen LogP contribution in [0.15, 0.2) is 33.1 Å². The van der Waals surface area contributed by atoms with Crippen molar-refractivity contribution in [2.75, 3.05) is 0 Å². The number of aromatic nitrogens is 1. The van der Waals surface area contributed by atoms with Crippen molar-refractivity contribution < 1.29 is 8.42 Å². The topological polar surface area (TPSA) is 59.1 Å². The van der Waals surface area contributed by atoms with Gasteiger partial charge in [-0.1, -0.05) is 17.7 Å². The fourth-order valence-electron chi connectivity index (χ4n) is 1.47. The Morgan fingerprint density at radius 2 is 2.21 bits per heavy atom. The van der Waals surface area contributed by atoms with Crippen LogP contribution in [0.4, 0.5) is 0 Å². The van der Waals surface area contributed by atoms with Gasteiger partial charge in [-0.3, -0.25) is 0 Å². The number of benzene rings is 1. The van der Waals surface area contributed by atoms with Crippen molar-refractivity contribution in [1.82, 2.24) is 9.71 Å². The van der Waals surface area contributed by atoms with E-state index in [0.29, 0.717) is 4.47 Å². The van der Waals surface area contributed by atoms with Gasteiger partial charge < -0.3 is 0 Å². The molecule has 0 amide bonds. The quantitative estimate of drug-likeness (QED) is 0.883. The van der Waals surface area contributed by atoms with Crippen LogP contribution in [0.2, 0.25) is 5.02 Å². The molecule has 2 aromatic rings. The van der Waals surface area contributed by atoms with Crippen molar-refractivity contribution in [3.05, 3.63) is 43.8 Å². The van der Waals surface area contributed by atoms with Crippen LogP contribution in [0.3, 0.4) is 0 Å². The average Bonchev–Trinajstić information content (AvgIpc) is 2.72. The Balaban J connectivity index is 2.26. The Bertz CT molecular complexity index is 680. The second-order valence-electron chi connectivity index (χ2n) is 3.74. The Kier molecular flexibility index (Phi) is 4.62. The van der Waals surface area contributed by atoms with Gasteiger partial charge in [-0.25, -0.2) is 18.1 Å². The second kappa shape index (κ2) is 5.88. The highest BCUT2D eigenvalue weighted by atomic mass is 79.9. The van der Waals surface area contributed by atoms with Gasteiger partial charge in [0.1, 0.15) is 4.90 Å². The second-order valence-corrected chi connectivity index (χ2v) is 7.64. The number of sulfonamides is 1. The first-order valence-corrected chi connectivity index (χ1v) is 8.78. The molecule has 0 fully saturated rings. The summed E-state index contributed by atoms with van der Waals surface area (Å²) in [4.78, 5) is 5.01. The lowest BCUT2D eigenvalue weighted by atomic mass is 10.4. The van der Waals surface area contributed by atoms with Gasteiger partial charge in [-0.05, 0) is 35.0 Å². The first-order chi connectivity index (χ1) is 8.92. The normalized spacial score (nSPS) is 11.7. The Morgan fingerprint density at radius 3 is 2.79 bits per heavy atom. The molecule has 0 radical (unpaired) electrons. The van der Waals surface area contributed by atoms with Crippen molar-refractivity contribution in [1.29, 1.82) is 0 Å². The fourth-order valence-corrected chi connectivity index (χ4v) is 5.00. The number of hydrogen-bond donors (Lipinski definition) is 1. The highest BCUT2D eigenvalue weighted by Gasteiger charge is 2.21. The summed E-state index contributed by atoms with van der Waals surface area (Å²) >= 11 is 10.6. The maximum Gasteiger partial charge on any atom is 0.243 e. The summed E-state index contributed by atoms with van der Waals surface area (Å²) in [6.07, 6.45) is 0. The Labute approximate surface area is 129 Å². The molecule has 0 saturated carbocycles. The van der Waals surface area contributed by atoms with Crippen LogP contribution in [0.5, 0.6) is 0 Å². The minimum Gasteiger partial charge on any atom is -0.250 e. The molecule has 0 aliphatic rings. The molecule has 0 atom stereocenters. The molecular formula is C11H10BrClN2O2S2. The zero-order chi connectivity index (χ0) is 14.0.